The molecule has 1 N–H and O–H groups in total. The Morgan fingerprint density at radius 1 is 1.08 bits per heavy atom. The van der Waals surface area contributed by atoms with Crippen LogP contribution in [0.2, 0.25) is 0 Å². The molecule has 0 aliphatic rings. The van der Waals surface area contributed by atoms with Gasteiger partial charge in [0.2, 0.25) is 5.75 Å². The van der Waals surface area contributed by atoms with E-state index in [4.69, 9.17) is 14.2 Å². The lowest BCUT2D eigenvalue weighted by Gasteiger charge is -2.15. The maximum absolute atomic E-state index is 12.5. The molecule has 0 heterocycles. The van der Waals surface area contributed by atoms with Crippen molar-refractivity contribution >= 4 is 17.5 Å². The van der Waals surface area contributed by atoms with E-state index in [0.29, 0.717) is 5.56 Å². The number of rotatable bonds is 7. The number of nitro benzene ring substituents is 1. The summed E-state index contributed by atoms with van der Waals surface area (Å²) in [4.78, 5) is 22.7. The summed E-state index contributed by atoms with van der Waals surface area (Å²) in [5.74, 6) is -0.406. The summed E-state index contributed by atoms with van der Waals surface area (Å²) >= 11 is 0. The van der Waals surface area contributed by atoms with E-state index in [9.17, 15) is 20.0 Å². The Hall–Kier alpha value is -3.55. The van der Waals surface area contributed by atoms with Crippen LogP contribution < -0.4 is 14.2 Å². The fraction of sp³-hybridized carbons (Fsp3) is 0.167. The van der Waals surface area contributed by atoms with Crippen LogP contribution in [0.5, 0.6) is 23.0 Å². The van der Waals surface area contributed by atoms with E-state index < -0.39 is 10.7 Å². The first-order valence-corrected chi connectivity index (χ1v) is 7.41. The van der Waals surface area contributed by atoms with Gasteiger partial charge in [0, 0.05) is 18.2 Å². The van der Waals surface area contributed by atoms with Gasteiger partial charge < -0.3 is 19.3 Å². The first-order chi connectivity index (χ1) is 12.4. The molecule has 0 unspecified atom stereocenters. The van der Waals surface area contributed by atoms with Crippen LogP contribution in [0.25, 0.3) is 6.08 Å². The summed E-state index contributed by atoms with van der Waals surface area (Å²) in [6, 6.07) is 6.94. The largest absolute Gasteiger partial charge is 0.507 e. The molecule has 0 radical (unpaired) electrons. The summed E-state index contributed by atoms with van der Waals surface area (Å²) < 4.78 is 15.5. The first kappa shape index (κ1) is 18.8. The van der Waals surface area contributed by atoms with Crippen LogP contribution in [0.3, 0.4) is 0 Å². The van der Waals surface area contributed by atoms with Gasteiger partial charge in [-0.25, -0.2) is 0 Å². The fourth-order valence-electron chi connectivity index (χ4n) is 2.34. The molecule has 8 heteroatoms. The van der Waals surface area contributed by atoms with Crippen molar-refractivity contribution in [3.05, 3.63) is 57.6 Å². The Labute approximate surface area is 149 Å². The molecule has 0 aromatic heterocycles. The number of non-ortho nitro benzene ring substituents is 1. The second kappa shape index (κ2) is 8.02. The number of methoxy groups -OCH3 is 3. The van der Waals surface area contributed by atoms with Gasteiger partial charge in [0.15, 0.2) is 17.3 Å². The third-order valence-electron chi connectivity index (χ3n) is 3.59. The molecule has 2 rings (SSSR count). The van der Waals surface area contributed by atoms with Crippen LogP contribution >= 0.6 is 0 Å². The topological polar surface area (TPSA) is 108 Å². The van der Waals surface area contributed by atoms with Crippen LogP contribution in [0.4, 0.5) is 5.69 Å². The molecule has 0 amide bonds. The smallest absolute Gasteiger partial charge is 0.269 e. The minimum atomic E-state index is -0.529. The third-order valence-corrected chi connectivity index (χ3v) is 3.59. The molecule has 0 atom stereocenters. The van der Waals surface area contributed by atoms with Crippen molar-refractivity contribution in [1.82, 2.24) is 0 Å². The minimum Gasteiger partial charge on any atom is -0.507 e. The van der Waals surface area contributed by atoms with Gasteiger partial charge in [-0.05, 0) is 23.8 Å². The van der Waals surface area contributed by atoms with Crippen LogP contribution in [0, 0.1) is 10.1 Å². The van der Waals surface area contributed by atoms with Crippen molar-refractivity contribution in [3.63, 3.8) is 0 Å². The maximum atomic E-state index is 12.5. The van der Waals surface area contributed by atoms with Crippen molar-refractivity contribution in [2.45, 2.75) is 0 Å². The van der Waals surface area contributed by atoms with Crippen molar-refractivity contribution in [3.8, 4) is 23.0 Å². The minimum absolute atomic E-state index is 0.0442. The second-order valence-corrected chi connectivity index (χ2v) is 5.09. The molecule has 0 aliphatic carbocycles. The van der Waals surface area contributed by atoms with E-state index in [1.165, 1.54) is 63.8 Å². The number of phenols is 1. The Balaban J connectivity index is 2.38. The van der Waals surface area contributed by atoms with Gasteiger partial charge in [0.05, 0.1) is 26.3 Å². The molecule has 0 saturated heterocycles. The molecule has 0 aliphatic heterocycles. The van der Waals surface area contributed by atoms with Crippen LogP contribution in [-0.2, 0) is 0 Å². The number of ether oxygens (including phenoxy) is 3. The molecule has 2 aromatic carbocycles. The highest BCUT2D eigenvalue weighted by atomic mass is 16.6. The van der Waals surface area contributed by atoms with E-state index in [1.807, 2.05) is 0 Å². The molecule has 8 nitrogen and oxygen atoms in total. The zero-order valence-electron chi connectivity index (χ0n) is 14.4. The third kappa shape index (κ3) is 3.75. The van der Waals surface area contributed by atoms with Crippen LogP contribution in [0.1, 0.15) is 15.9 Å². The standard InChI is InChI=1S/C18H17NO7/c1-24-15-10-14(21)16(18(26-3)17(15)25-2)13(20)9-6-11-4-7-12(8-5-11)19(22)23/h4-10,21H,1-3H3. The van der Waals surface area contributed by atoms with Crippen molar-refractivity contribution in [1.29, 1.82) is 0 Å². The first-order valence-electron chi connectivity index (χ1n) is 7.41. The van der Waals surface area contributed by atoms with Gasteiger partial charge >= 0.3 is 0 Å². The molecule has 0 saturated carbocycles. The molecule has 0 bridgehead atoms. The highest BCUT2D eigenvalue weighted by molar-refractivity contribution is 6.11. The molecular weight excluding hydrogens is 342 g/mol. The average Bonchev–Trinajstić information content (AvgIpc) is 2.65. The maximum Gasteiger partial charge on any atom is 0.269 e. The SMILES string of the molecule is COc1cc(O)c(C(=O)C=Cc2ccc([N+](=O)[O-])cc2)c(OC)c1OC. The Kier molecular flexibility index (Phi) is 5.79. The van der Waals surface area contributed by atoms with Gasteiger partial charge in [0.1, 0.15) is 11.3 Å². The van der Waals surface area contributed by atoms with Gasteiger partial charge in [-0.2, -0.15) is 0 Å². The van der Waals surface area contributed by atoms with Gasteiger partial charge in [-0.1, -0.05) is 6.08 Å². The Morgan fingerprint density at radius 2 is 1.69 bits per heavy atom. The quantitative estimate of drug-likeness (QED) is 0.350. The van der Waals surface area contributed by atoms with Crippen molar-refractivity contribution in [2.24, 2.45) is 0 Å². The molecule has 136 valence electrons. The number of ketones is 1. The molecule has 0 spiro atoms. The number of hydrogen-bond acceptors (Lipinski definition) is 7. The van der Waals surface area contributed by atoms with Gasteiger partial charge in [-0.15, -0.1) is 0 Å². The van der Waals surface area contributed by atoms with Gasteiger partial charge in [-0.3, -0.25) is 14.9 Å². The number of phenolic OH excluding ortho intramolecular Hbond substituents is 1. The highest BCUT2D eigenvalue weighted by Gasteiger charge is 2.24. The normalized spacial score (nSPS) is 10.6. The monoisotopic (exact) mass is 359 g/mol. The lowest BCUT2D eigenvalue weighted by molar-refractivity contribution is -0.384. The zero-order chi connectivity index (χ0) is 19.3. The Morgan fingerprint density at radius 3 is 2.19 bits per heavy atom. The predicted octanol–water partition coefficient (Wildman–Crippen LogP) is 3.22. The fourth-order valence-corrected chi connectivity index (χ4v) is 2.34. The summed E-state index contributed by atoms with van der Waals surface area (Å²) in [6.07, 6.45) is 2.70. The van der Waals surface area contributed by atoms with Crippen LogP contribution in [-0.4, -0.2) is 37.1 Å². The zero-order valence-corrected chi connectivity index (χ0v) is 14.4. The highest BCUT2D eigenvalue weighted by Crippen LogP contribution is 2.44. The van der Waals surface area contributed by atoms with E-state index in [1.54, 1.807) is 0 Å². The summed E-state index contributed by atoms with van der Waals surface area (Å²) in [6.45, 7) is 0. The summed E-state index contributed by atoms with van der Waals surface area (Å²) in [5, 5.41) is 20.8. The van der Waals surface area contributed by atoms with E-state index in [0.717, 1.165) is 0 Å². The number of benzene rings is 2. The van der Waals surface area contributed by atoms with Gasteiger partial charge in [0.25, 0.3) is 5.69 Å². The molecule has 26 heavy (non-hydrogen) atoms. The Bertz CT molecular complexity index is 857. The van der Waals surface area contributed by atoms with Crippen molar-refractivity contribution in [2.75, 3.05) is 21.3 Å². The van der Waals surface area contributed by atoms with E-state index >= 15 is 0 Å². The van der Waals surface area contributed by atoms with E-state index in [2.05, 4.69) is 0 Å². The average molecular weight is 359 g/mol. The van der Waals surface area contributed by atoms with Crippen molar-refractivity contribution < 1.29 is 29.0 Å². The number of nitrogens with zero attached hydrogens (tertiary/aromatic N) is 1. The number of aromatic hydroxyl groups is 1. The lowest BCUT2D eigenvalue weighted by atomic mass is 10.0. The number of carbonyl (C=O) groups excluding carboxylic acids is 1. The molecule has 2 aromatic rings. The molecular formula is C18H17NO7. The molecule has 0 fully saturated rings. The summed E-state index contributed by atoms with van der Waals surface area (Å²) in [7, 11) is 4.12. The summed E-state index contributed by atoms with van der Waals surface area (Å²) in [5.41, 5.74) is 0.457. The second-order valence-electron chi connectivity index (χ2n) is 5.09. The number of nitro groups is 1. The number of allylic oxidation sites excluding steroid dienone is 1. The predicted molar refractivity (Wildman–Crippen MR) is 94.2 cm³/mol. The lowest BCUT2D eigenvalue weighted by Crippen LogP contribution is -2.03. The van der Waals surface area contributed by atoms with E-state index in [-0.39, 0.29) is 34.2 Å². The number of carbonyl (C=O) groups is 1. The number of hydrogen-bond donors (Lipinski definition) is 1. The van der Waals surface area contributed by atoms with Crippen LogP contribution in [0.15, 0.2) is 36.4 Å².